The van der Waals surface area contributed by atoms with Gasteiger partial charge in [-0.1, -0.05) is 54.6 Å². The molecule has 0 saturated carbocycles. The van der Waals surface area contributed by atoms with Crippen LogP contribution in [-0.2, 0) is 6.61 Å². The summed E-state index contributed by atoms with van der Waals surface area (Å²) >= 11 is 4.15. The molecule has 2 aromatic carbocycles. The SMILES string of the molecule is SCC=Cc1cccc(OCc2ccccc2)c1. The average Bonchev–Trinajstić information content (AvgIpc) is 2.44. The van der Waals surface area contributed by atoms with Crippen LogP contribution in [0.5, 0.6) is 5.75 Å². The van der Waals surface area contributed by atoms with E-state index in [1.807, 2.05) is 48.6 Å². The predicted octanol–water partition coefficient (Wildman–Crippen LogP) is 4.21. The number of rotatable bonds is 5. The molecule has 0 N–H and O–H groups in total. The Morgan fingerprint density at radius 3 is 2.61 bits per heavy atom. The molecular formula is C16H16OS. The summed E-state index contributed by atoms with van der Waals surface area (Å²) in [6.07, 6.45) is 4.06. The van der Waals surface area contributed by atoms with Gasteiger partial charge in [0.05, 0.1) is 0 Å². The maximum Gasteiger partial charge on any atom is 0.120 e. The van der Waals surface area contributed by atoms with Crippen molar-refractivity contribution >= 4 is 18.7 Å². The second-order valence-corrected chi connectivity index (χ2v) is 4.30. The topological polar surface area (TPSA) is 9.23 Å². The summed E-state index contributed by atoms with van der Waals surface area (Å²) in [6, 6.07) is 18.2. The summed E-state index contributed by atoms with van der Waals surface area (Å²) in [7, 11) is 0. The fourth-order valence-corrected chi connectivity index (χ4v) is 1.74. The summed E-state index contributed by atoms with van der Waals surface area (Å²) in [4.78, 5) is 0. The molecule has 0 aliphatic carbocycles. The van der Waals surface area contributed by atoms with Gasteiger partial charge in [-0.15, -0.1) is 0 Å². The van der Waals surface area contributed by atoms with E-state index in [1.165, 1.54) is 5.56 Å². The minimum Gasteiger partial charge on any atom is -0.489 e. The van der Waals surface area contributed by atoms with Gasteiger partial charge in [0.25, 0.3) is 0 Å². The average molecular weight is 256 g/mol. The van der Waals surface area contributed by atoms with E-state index in [2.05, 4.69) is 30.8 Å². The lowest BCUT2D eigenvalue weighted by atomic mass is 10.2. The Morgan fingerprint density at radius 2 is 1.83 bits per heavy atom. The van der Waals surface area contributed by atoms with Crippen LogP contribution < -0.4 is 4.74 Å². The van der Waals surface area contributed by atoms with Gasteiger partial charge < -0.3 is 4.74 Å². The van der Waals surface area contributed by atoms with Crippen LogP contribution in [0.2, 0.25) is 0 Å². The molecule has 0 radical (unpaired) electrons. The third kappa shape index (κ3) is 3.97. The Morgan fingerprint density at radius 1 is 1.00 bits per heavy atom. The molecule has 0 fully saturated rings. The van der Waals surface area contributed by atoms with E-state index in [0.29, 0.717) is 6.61 Å². The summed E-state index contributed by atoms with van der Waals surface area (Å²) < 4.78 is 5.76. The van der Waals surface area contributed by atoms with Gasteiger partial charge in [-0.05, 0) is 23.3 Å². The summed E-state index contributed by atoms with van der Waals surface area (Å²) in [5, 5.41) is 0. The molecular weight excluding hydrogens is 240 g/mol. The van der Waals surface area contributed by atoms with E-state index < -0.39 is 0 Å². The summed E-state index contributed by atoms with van der Waals surface area (Å²) in [6.45, 7) is 0.598. The molecule has 0 heterocycles. The highest BCUT2D eigenvalue weighted by Gasteiger charge is 1.96. The molecule has 0 amide bonds. The highest BCUT2D eigenvalue weighted by molar-refractivity contribution is 7.80. The van der Waals surface area contributed by atoms with E-state index in [4.69, 9.17) is 4.74 Å². The van der Waals surface area contributed by atoms with Crippen molar-refractivity contribution in [3.63, 3.8) is 0 Å². The molecule has 0 aliphatic heterocycles. The molecule has 2 heteroatoms. The van der Waals surface area contributed by atoms with Gasteiger partial charge in [-0.2, -0.15) is 12.6 Å². The zero-order valence-corrected chi connectivity index (χ0v) is 11.0. The minimum atomic E-state index is 0.598. The number of ether oxygens (including phenoxy) is 1. The van der Waals surface area contributed by atoms with Gasteiger partial charge in [0.15, 0.2) is 0 Å². The molecule has 0 aromatic heterocycles. The molecule has 0 bridgehead atoms. The highest BCUT2D eigenvalue weighted by Crippen LogP contribution is 2.16. The standard InChI is InChI=1S/C16H16OS/c18-11-5-9-14-8-4-10-16(12-14)17-13-15-6-2-1-3-7-15/h1-10,12,18H,11,13H2. The Hall–Kier alpha value is -1.67. The highest BCUT2D eigenvalue weighted by atomic mass is 32.1. The van der Waals surface area contributed by atoms with Crippen molar-refractivity contribution in [2.75, 3.05) is 5.75 Å². The predicted molar refractivity (Wildman–Crippen MR) is 80.1 cm³/mol. The number of hydrogen-bond donors (Lipinski definition) is 1. The number of hydrogen-bond acceptors (Lipinski definition) is 2. The Kier molecular flexibility index (Phi) is 4.91. The largest absolute Gasteiger partial charge is 0.489 e. The first-order chi connectivity index (χ1) is 8.88. The van der Waals surface area contributed by atoms with Crippen LogP contribution in [0.4, 0.5) is 0 Å². The van der Waals surface area contributed by atoms with Crippen LogP contribution in [-0.4, -0.2) is 5.75 Å². The van der Waals surface area contributed by atoms with E-state index in [0.717, 1.165) is 17.1 Å². The normalized spacial score (nSPS) is 10.7. The number of benzene rings is 2. The van der Waals surface area contributed by atoms with E-state index in [1.54, 1.807) is 0 Å². The smallest absolute Gasteiger partial charge is 0.120 e. The molecule has 0 atom stereocenters. The van der Waals surface area contributed by atoms with Crippen molar-refractivity contribution in [1.29, 1.82) is 0 Å². The molecule has 92 valence electrons. The van der Waals surface area contributed by atoms with Crippen LogP contribution in [0.15, 0.2) is 60.7 Å². The van der Waals surface area contributed by atoms with Crippen LogP contribution in [0.3, 0.4) is 0 Å². The first-order valence-corrected chi connectivity index (χ1v) is 6.56. The zero-order valence-electron chi connectivity index (χ0n) is 10.1. The molecule has 1 nitrogen and oxygen atoms in total. The van der Waals surface area contributed by atoms with E-state index >= 15 is 0 Å². The molecule has 0 saturated heterocycles. The molecule has 0 spiro atoms. The lowest BCUT2D eigenvalue weighted by Crippen LogP contribution is -1.94. The molecule has 2 aromatic rings. The molecule has 18 heavy (non-hydrogen) atoms. The van der Waals surface area contributed by atoms with Gasteiger partial charge in [0.2, 0.25) is 0 Å². The molecule has 0 aliphatic rings. The van der Waals surface area contributed by atoms with Crippen LogP contribution in [0.25, 0.3) is 6.08 Å². The fourth-order valence-electron chi connectivity index (χ4n) is 1.64. The van der Waals surface area contributed by atoms with Crippen molar-refractivity contribution in [1.82, 2.24) is 0 Å². The van der Waals surface area contributed by atoms with Crippen molar-refractivity contribution in [3.05, 3.63) is 71.8 Å². The van der Waals surface area contributed by atoms with Crippen molar-refractivity contribution in [2.45, 2.75) is 6.61 Å². The second-order valence-electron chi connectivity index (χ2n) is 3.93. The van der Waals surface area contributed by atoms with Gasteiger partial charge in [-0.25, -0.2) is 0 Å². The van der Waals surface area contributed by atoms with Gasteiger partial charge in [0, 0.05) is 5.75 Å². The van der Waals surface area contributed by atoms with Crippen molar-refractivity contribution in [2.24, 2.45) is 0 Å². The Bertz CT molecular complexity index is 506. The van der Waals surface area contributed by atoms with Crippen LogP contribution in [0, 0.1) is 0 Å². The maximum absolute atomic E-state index is 5.76. The minimum absolute atomic E-state index is 0.598. The quantitative estimate of drug-likeness (QED) is 0.788. The van der Waals surface area contributed by atoms with Crippen molar-refractivity contribution < 1.29 is 4.74 Å². The van der Waals surface area contributed by atoms with Gasteiger partial charge in [0.1, 0.15) is 12.4 Å². The lowest BCUT2D eigenvalue weighted by Gasteiger charge is -2.06. The summed E-state index contributed by atoms with van der Waals surface area (Å²) in [5.74, 6) is 1.63. The van der Waals surface area contributed by atoms with Gasteiger partial charge in [-0.3, -0.25) is 0 Å². The Balaban J connectivity index is 1.99. The molecule has 0 unspecified atom stereocenters. The van der Waals surface area contributed by atoms with Crippen LogP contribution >= 0.6 is 12.6 Å². The van der Waals surface area contributed by atoms with E-state index in [9.17, 15) is 0 Å². The Labute approximate surface area is 114 Å². The van der Waals surface area contributed by atoms with E-state index in [-0.39, 0.29) is 0 Å². The van der Waals surface area contributed by atoms with Gasteiger partial charge >= 0.3 is 0 Å². The summed E-state index contributed by atoms with van der Waals surface area (Å²) in [5.41, 5.74) is 2.31. The lowest BCUT2D eigenvalue weighted by molar-refractivity contribution is 0.306. The third-order valence-corrected chi connectivity index (χ3v) is 2.73. The first-order valence-electron chi connectivity index (χ1n) is 5.92. The molecule has 2 rings (SSSR count). The number of thiol groups is 1. The third-order valence-electron chi connectivity index (χ3n) is 2.52. The maximum atomic E-state index is 5.76. The zero-order chi connectivity index (χ0) is 12.6. The first kappa shape index (κ1) is 12.8. The monoisotopic (exact) mass is 256 g/mol. The van der Waals surface area contributed by atoms with Crippen LogP contribution in [0.1, 0.15) is 11.1 Å². The second kappa shape index (κ2) is 6.92. The van der Waals surface area contributed by atoms with Crippen molar-refractivity contribution in [3.8, 4) is 5.75 Å². The fraction of sp³-hybridized carbons (Fsp3) is 0.125.